The van der Waals surface area contributed by atoms with Crippen molar-refractivity contribution in [2.45, 2.75) is 19.9 Å². The molecule has 0 saturated carbocycles. The highest BCUT2D eigenvalue weighted by Gasteiger charge is 2.09. The molecular formula is C16H17NO3. The van der Waals surface area contributed by atoms with Crippen LogP contribution in [0.4, 0.5) is 5.69 Å². The van der Waals surface area contributed by atoms with Gasteiger partial charge in [-0.3, -0.25) is 4.79 Å². The van der Waals surface area contributed by atoms with Crippen LogP contribution in [0, 0.1) is 6.92 Å². The first-order valence-corrected chi connectivity index (χ1v) is 6.38. The summed E-state index contributed by atoms with van der Waals surface area (Å²) in [5, 5.41) is 11.7. The second kappa shape index (κ2) is 6.10. The summed E-state index contributed by atoms with van der Waals surface area (Å²) in [5.74, 6) is 0.600. The van der Waals surface area contributed by atoms with Gasteiger partial charge in [0.1, 0.15) is 17.5 Å². The van der Waals surface area contributed by atoms with E-state index in [9.17, 15) is 4.79 Å². The molecule has 0 aliphatic heterocycles. The number of nitrogens with one attached hydrogen (secondary N) is 1. The third-order valence-corrected chi connectivity index (χ3v) is 2.86. The van der Waals surface area contributed by atoms with E-state index in [1.165, 1.54) is 5.56 Å². The maximum absolute atomic E-state index is 10.8. The van der Waals surface area contributed by atoms with Gasteiger partial charge >= 0.3 is 5.97 Å². The molecule has 0 bridgehead atoms. The van der Waals surface area contributed by atoms with Crippen LogP contribution in [0.25, 0.3) is 0 Å². The molecule has 0 heterocycles. The predicted octanol–water partition coefficient (Wildman–Crippen LogP) is 3.67. The van der Waals surface area contributed by atoms with Crippen molar-refractivity contribution in [3.63, 3.8) is 0 Å². The molecule has 2 rings (SSSR count). The number of anilines is 1. The van der Waals surface area contributed by atoms with Crippen LogP contribution in [0.15, 0.2) is 48.5 Å². The zero-order valence-electron chi connectivity index (χ0n) is 11.5. The predicted molar refractivity (Wildman–Crippen MR) is 78.4 cm³/mol. The van der Waals surface area contributed by atoms with Crippen molar-refractivity contribution >= 4 is 11.7 Å². The molecule has 4 nitrogen and oxygen atoms in total. The Kier molecular flexibility index (Phi) is 4.25. The zero-order valence-corrected chi connectivity index (χ0v) is 11.5. The minimum Gasteiger partial charge on any atom is -0.480 e. The average molecular weight is 271 g/mol. The van der Waals surface area contributed by atoms with Crippen LogP contribution in [0.5, 0.6) is 11.5 Å². The van der Waals surface area contributed by atoms with Gasteiger partial charge in [-0.05, 0) is 50.2 Å². The van der Waals surface area contributed by atoms with Gasteiger partial charge in [-0.15, -0.1) is 0 Å². The van der Waals surface area contributed by atoms with Crippen LogP contribution in [0.1, 0.15) is 12.5 Å². The third kappa shape index (κ3) is 3.75. The summed E-state index contributed by atoms with van der Waals surface area (Å²) >= 11 is 0. The number of carbonyl (C=O) groups is 1. The molecule has 2 aromatic carbocycles. The maximum atomic E-state index is 10.8. The SMILES string of the molecule is Cc1ccc(Oc2ccc(N[C@@H](C)C(=O)O)cc2)cc1. The Bertz CT molecular complexity index is 576. The van der Waals surface area contributed by atoms with E-state index in [0.717, 1.165) is 11.4 Å². The highest BCUT2D eigenvalue weighted by molar-refractivity contribution is 5.76. The van der Waals surface area contributed by atoms with Gasteiger partial charge in [0.15, 0.2) is 0 Å². The summed E-state index contributed by atoms with van der Waals surface area (Å²) in [5.41, 5.74) is 1.93. The molecule has 0 spiro atoms. The van der Waals surface area contributed by atoms with Crippen LogP contribution < -0.4 is 10.1 Å². The van der Waals surface area contributed by atoms with E-state index < -0.39 is 12.0 Å². The molecular weight excluding hydrogens is 254 g/mol. The summed E-state index contributed by atoms with van der Waals surface area (Å²) in [7, 11) is 0. The van der Waals surface area contributed by atoms with Gasteiger partial charge in [0.25, 0.3) is 0 Å². The largest absolute Gasteiger partial charge is 0.480 e. The molecule has 104 valence electrons. The molecule has 4 heteroatoms. The van der Waals surface area contributed by atoms with Crippen LogP contribution in [-0.2, 0) is 4.79 Å². The van der Waals surface area contributed by atoms with Crippen LogP contribution in [-0.4, -0.2) is 17.1 Å². The molecule has 0 aromatic heterocycles. The Morgan fingerprint density at radius 3 is 2.05 bits per heavy atom. The molecule has 0 amide bonds. The number of aliphatic carboxylic acids is 1. The van der Waals surface area contributed by atoms with E-state index in [1.54, 1.807) is 31.2 Å². The topological polar surface area (TPSA) is 58.6 Å². The minimum absolute atomic E-state index is 0.626. The number of carboxylic acid groups (broad SMARTS) is 1. The Morgan fingerprint density at radius 1 is 1.05 bits per heavy atom. The molecule has 0 radical (unpaired) electrons. The van der Waals surface area contributed by atoms with Crippen LogP contribution >= 0.6 is 0 Å². The van der Waals surface area contributed by atoms with E-state index in [-0.39, 0.29) is 0 Å². The molecule has 2 N–H and O–H groups in total. The smallest absolute Gasteiger partial charge is 0.325 e. The highest BCUT2D eigenvalue weighted by atomic mass is 16.5. The summed E-state index contributed by atoms with van der Waals surface area (Å²) < 4.78 is 5.70. The molecule has 0 unspecified atom stereocenters. The van der Waals surface area contributed by atoms with Crippen molar-refractivity contribution < 1.29 is 14.6 Å². The first-order valence-electron chi connectivity index (χ1n) is 6.38. The minimum atomic E-state index is -0.884. The fraction of sp³-hybridized carbons (Fsp3) is 0.188. The lowest BCUT2D eigenvalue weighted by Gasteiger charge is -2.11. The van der Waals surface area contributed by atoms with E-state index >= 15 is 0 Å². The Hall–Kier alpha value is -2.49. The summed E-state index contributed by atoms with van der Waals surface area (Å²) in [6.07, 6.45) is 0. The highest BCUT2D eigenvalue weighted by Crippen LogP contribution is 2.23. The van der Waals surface area contributed by atoms with Gasteiger partial charge in [0, 0.05) is 5.69 Å². The summed E-state index contributed by atoms with van der Waals surface area (Å²) in [6, 6.07) is 14.4. The van der Waals surface area contributed by atoms with Crippen molar-refractivity contribution in [1.29, 1.82) is 0 Å². The number of aryl methyl sites for hydroxylation is 1. The normalized spacial score (nSPS) is 11.7. The Labute approximate surface area is 118 Å². The molecule has 1 atom stereocenters. The quantitative estimate of drug-likeness (QED) is 0.871. The molecule has 20 heavy (non-hydrogen) atoms. The number of hydrogen-bond acceptors (Lipinski definition) is 3. The molecule has 0 saturated heterocycles. The molecule has 0 aliphatic carbocycles. The first-order chi connectivity index (χ1) is 9.54. The lowest BCUT2D eigenvalue weighted by Crippen LogP contribution is -2.25. The van der Waals surface area contributed by atoms with Gasteiger partial charge in [0.05, 0.1) is 0 Å². The van der Waals surface area contributed by atoms with Gasteiger partial charge in [0.2, 0.25) is 0 Å². The van der Waals surface area contributed by atoms with Crippen molar-refractivity contribution in [3.8, 4) is 11.5 Å². The Morgan fingerprint density at radius 2 is 1.55 bits per heavy atom. The zero-order chi connectivity index (χ0) is 14.5. The van der Waals surface area contributed by atoms with Crippen LogP contribution in [0.3, 0.4) is 0 Å². The standard InChI is InChI=1S/C16H17NO3/c1-11-3-7-14(8-4-11)20-15-9-5-13(6-10-15)17-12(2)16(18)19/h3-10,12,17H,1-2H3,(H,18,19)/t12-/m0/s1. The van der Waals surface area contributed by atoms with E-state index in [1.807, 2.05) is 31.2 Å². The van der Waals surface area contributed by atoms with Gasteiger partial charge < -0.3 is 15.2 Å². The number of ether oxygens (including phenoxy) is 1. The molecule has 0 aliphatic rings. The van der Waals surface area contributed by atoms with Crippen molar-refractivity contribution in [1.82, 2.24) is 0 Å². The van der Waals surface area contributed by atoms with Crippen molar-refractivity contribution in [2.75, 3.05) is 5.32 Å². The number of hydrogen-bond donors (Lipinski definition) is 2. The Balaban J connectivity index is 2.01. The maximum Gasteiger partial charge on any atom is 0.325 e. The summed E-state index contributed by atoms with van der Waals surface area (Å²) in [4.78, 5) is 10.8. The van der Waals surface area contributed by atoms with Gasteiger partial charge in [-0.1, -0.05) is 17.7 Å². The summed E-state index contributed by atoms with van der Waals surface area (Å²) in [6.45, 7) is 3.62. The second-order valence-corrected chi connectivity index (χ2v) is 4.64. The lowest BCUT2D eigenvalue weighted by atomic mass is 10.2. The fourth-order valence-corrected chi connectivity index (χ4v) is 1.67. The first kappa shape index (κ1) is 13.9. The fourth-order valence-electron chi connectivity index (χ4n) is 1.67. The number of carboxylic acids is 1. The van der Waals surface area contributed by atoms with Crippen molar-refractivity contribution in [2.24, 2.45) is 0 Å². The lowest BCUT2D eigenvalue weighted by molar-refractivity contribution is -0.137. The van der Waals surface area contributed by atoms with E-state index in [2.05, 4.69) is 5.32 Å². The third-order valence-electron chi connectivity index (χ3n) is 2.86. The molecule has 0 fully saturated rings. The monoisotopic (exact) mass is 271 g/mol. The average Bonchev–Trinajstić information content (AvgIpc) is 2.43. The van der Waals surface area contributed by atoms with E-state index in [4.69, 9.17) is 9.84 Å². The van der Waals surface area contributed by atoms with Crippen LogP contribution in [0.2, 0.25) is 0 Å². The number of rotatable bonds is 5. The van der Waals surface area contributed by atoms with E-state index in [0.29, 0.717) is 5.75 Å². The van der Waals surface area contributed by atoms with Crippen molar-refractivity contribution in [3.05, 3.63) is 54.1 Å². The van der Waals surface area contributed by atoms with Gasteiger partial charge in [-0.2, -0.15) is 0 Å². The second-order valence-electron chi connectivity index (χ2n) is 4.64. The number of benzene rings is 2. The van der Waals surface area contributed by atoms with Gasteiger partial charge in [-0.25, -0.2) is 0 Å². The molecule has 2 aromatic rings.